The molecule has 0 aromatic heterocycles. The summed E-state index contributed by atoms with van der Waals surface area (Å²) in [6.07, 6.45) is 0.731. The van der Waals surface area contributed by atoms with Crippen molar-refractivity contribution in [1.29, 1.82) is 0 Å². The summed E-state index contributed by atoms with van der Waals surface area (Å²) in [6.45, 7) is 2.15. The monoisotopic (exact) mass is 452 g/mol. The first-order valence-corrected chi connectivity index (χ1v) is 9.37. The molecule has 0 N–H and O–H groups in total. The Hall–Kier alpha value is 0.484. The zero-order valence-electron chi connectivity index (χ0n) is 12.3. The van der Waals surface area contributed by atoms with E-state index in [0.717, 1.165) is 6.42 Å². The number of aryl methyl sites for hydroxylation is 1. The Morgan fingerprint density at radius 1 is 1.42 bits per heavy atom. The Bertz CT molecular complexity index is 424. The van der Waals surface area contributed by atoms with E-state index in [1.807, 2.05) is 19.0 Å². The normalized spacial score (nSPS) is 12.1. The fourth-order valence-electron chi connectivity index (χ4n) is 1.99. The van der Waals surface area contributed by atoms with Crippen molar-refractivity contribution in [2.75, 3.05) is 26.1 Å². The first-order valence-electron chi connectivity index (χ1n) is 5.88. The number of hydrogen-bond acceptors (Lipinski definition) is 3. The van der Waals surface area contributed by atoms with Crippen LogP contribution in [-0.2, 0) is 48.7 Å². The Morgan fingerprint density at radius 3 is 2.53 bits per heavy atom. The summed E-state index contributed by atoms with van der Waals surface area (Å²) in [5, 5.41) is 0. The molecule has 1 aromatic rings. The van der Waals surface area contributed by atoms with E-state index in [1.165, 1.54) is 21.8 Å². The number of carbonyl (C=O) groups is 1. The second-order valence-corrected chi connectivity index (χ2v) is 6.80. The smallest absolute Gasteiger partial charge is 0 e. The van der Waals surface area contributed by atoms with Gasteiger partial charge in [0, 0.05) is 32.7 Å². The quantitative estimate of drug-likeness (QED) is 0.390. The van der Waals surface area contributed by atoms with Gasteiger partial charge in [-0.15, -0.1) is 0 Å². The van der Waals surface area contributed by atoms with Gasteiger partial charge in [0.15, 0.2) is 0 Å². The fraction of sp³-hybridized carbons (Fsp3) is 0.500. The SMILES string of the molecule is COC(=O)C(Cc1cccc(C)c1[IH]C)N(C)C.[Y]. The molecule has 0 aliphatic rings. The van der Waals surface area contributed by atoms with Crippen molar-refractivity contribution in [2.24, 2.45) is 0 Å². The minimum Gasteiger partial charge on any atom is 0 e. The predicted octanol–water partition coefficient (Wildman–Crippen LogP) is 2.14. The molecule has 3 nitrogen and oxygen atoms in total. The molecule has 0 saturated heterocycles. The number of halogens is 1. The molecule has 0 fully saturated rings. The van der Waals surface area contributed by atoms with Gasteiger partial charge in [0.25, 0.3) is 0 Å². The van der Waals surface area contributed by atoms with Gasteiger partial charge < -0.3 is 0 Å². The molecule has 19 heavy (non-hydrogen) atoms. The average Bonchev–Trinajstić information content (AvgIpc) is 2.34. The maximum atomic E-state index is 11.8. The summed E-state index contributed by atoms with van der Waals surface area (Å²) >= 11 is -0.157. The number of ether oxygens (including phenoxy) is 1. The Morgan fingerprint density at radius 2 is 2.05 bits per heavy atom. The fourth-order valence-corrected chi connectivity index (χ4v) is 4.28. The maximum absolute atomic E-state index is 11.8. The molecule has 5 heteroatoms. The van der Waals surface area contributed by atoms with Crippen molar-refractivity contribution in [3.05, 3.63) is 32.9 Å². The van der Waals surface area contributed by atoms with E-state index < -0.39 is 0 Å². The van der Waals surface area contributed by atoms with Crippen molar-refractivity contribution in [2.45, 2.75) is 19.4 Å². The van der Waals surface area contributed by atoms with Crippen LogP contribution >= 0.6 is 21.2 Å². The van der Waals surface area contributed by atoms with Crippen molar-refractivity contribution in [3.8, 4) is 0 Å². The number of esters is 1. The van der Waals surface area contributed by atoms with E-state index in [2.05, 4.69) is 30.1 Å². The molecule has 0 aliphatic heterocycles. The molecule has 1 rings (SSSR count). The molecular formula is C14H22INO2Y. The van der Waals surface area contributed by atoms with Crippen molar-refractivity contribution >= 4 is 27.2 Å². The molecule has 1 atom stereocenters. The molecule has 0 spiro atoms. The molecular weight excluding hydrogens is 430 g/mol. The number of methoxy groups -OCH3 is 1. The van der Waals surface area contributed by atoms with E-state index in [-0.39, 0.29) is 65.9 Å². The molecule has 105 valence electrons. The molecule has 0 saturated carbocycles. The largest absolute Gasteiger partial charge is 0 e. The average molecular weight is 452 g/mol. The van der Waals surface area contributed by atoms with Crippen molar-refractivity contribution in [1.82, 2.24) is 4.90 Å². The summed E-state index contributed by atoms with van der Waals surface area (Å²) < 4.78 is 6.35. The Balaban J connectivity index is 0.00000324. The third-order valence-corrected chi connectivity index (χ3v) is 5.84. The van der Waals surface area contributed by atoms with Crippen LogP contribution in [-0.4, -0.2) is 43.0 Å². The number of hydrogen-bond donors (Lipinski definition) is 0. The van der Waals surface area contributed by atoms with Gasteiger partial charge in [0.2, 0.25) is 0 Å². The zero-order valence-corrected chi connectivity index (χ0v) is 17.4. The summed E-state index contributed by atoms with van der Waals surface area (Å²) in [5.41, 5.74) is 2.64. The third-order valence-electron chi connectivity index (χ3n) is 3.01. The molecule has 0 aliphatic carbocycles. The summed E-state index contributed by atoms with van der Waals surface area (Å²) in [6, 6.07) is 6.15. The van der Waals surface area contributed by atoms with Gasteiger partial charge in [-0.2, -0.15) is 0 Å². The number of alkyl halides is 1. The molecule has 1 aromatic carbocycles. The molecule has 1 radical (unpaired) electrons. The van der Waals surface area contributed by atoms with Crippen LogP contribution < -0.4 is 0 Å². The van der Waals surface area contributed by atoms with Crippen LogP contribution in [0.25, 0.3) is 0 Å². The minimum absolute atomic E-state index is 0. The summed E-state index contributed by atoms with van der Waals surface area (Å²) in [7, 11) is 5.28. The second kappa shape index (κ2) is 9.43. The van der Waals surface area contributed by atoms with Crippen LogP contribution in [0.5, 0.6) is 0 Å². The van der Waals surface area contributed by atoms with E-state index in [9.17, 15) is 4.79 Å². The Labute approximate surface area is 151 Å². The van der Waals surface area contributed by atoms with Crippen LogP contribution in [0.1, 0.15) is 11.1 Å². The topological polar surface area (TPSA) is 29.5 Å². The second-order valence-electron chi connectivity index (χ2n) is 4.47. The van der Waals surface area contributed by atoms with Crippen LogP contribution in [0.4, 0.5) is 0 Å². The van der Waals surface area contributed by atoms with E-state index >= 15 is 0 Å². The van der Waals surface area contributed by atoms with Gasteiger partial charge >= 0.3 is 120 Å². The molecule has 0 amide bonds. The predicted molar refractivity (Wildman–Crippen MR) is 84.4 cm³/mol. The summed E-state index contributed by atoms with van der Waals surface area (Å²) in [5.74, 6) is -0.163. The standard InChI is InChI=1S/C14H22INO2.Y/c1-10-7-6-8-11(13(10)15-2)9-12(16(3)4)14(17)18-5;/h6-8,12,15H,9H2,1-5H3;. The third kappa shape index (κ3) is 5.40. The number of carbonyl (C=O) groups excluding carboxylic acids is 1. The van der Waals surface area contributed by atoms with Crippen LogP contribution in [0, 0.1) is 10.5 Å². The number of likely N-dealkylation sites (N-methyl/N-ethyl adjacent to an activating group) is 1. The van der Waals surface area contributed by atoms with E-state index in [1.54, 1.807) is 0 Å². The summed E-state index contributed by atoms with van der Waals surface area (Å²) in [4.78, 5) is 16.0. The van der Waals surface area contributed by atoms with Gasteiger partial charge in [-0.05, 0) is 0 Å². The first kappa shape index (κ1) is 19.5. The van der Waals surface area contributed by atoms with Crippen molar-refractivity contribution in [3.63, 3.8) is 0 Å². The molecule has 0 bridgehead atoms. The van der Waals surface area contributed by atoms with Crippen LogP contribution in [0.3, 0.4) is 0 Å². The van der Waals surface area contributed by atoms with Crippen molar-refractivity contribution < 1.29 is 42.2 Å². The number of benzene rings is 1. The van der Waals surface area contributed by atoms with Crippen LogP contribution in [0.2, 0.25) is 0 Å². The zero-order chi connectivity index (χ0) is 13.7. The van der Waals surface area contributed by atoms with Gasteiger partial charge in [-0.1, -0.05) is 0 Å². The van der Waals surface area contributed by atoms with E-state index in [0.29, 0.717) is 0 Å². The first-order chi connectivity index (χ1) is 8.51. The van der Waals surface area contributed by atoms with Gasteiger partial charge in [0.1, 0.15) is 0 Å². The van der Waals surface area contributed by atoms with Gasteiger partial charge in [-0.25, -0.2) is 0 Å². The van der Waals surface area contributed by atoms with Gasteiger partial charge in [-0.3, -0.25) is 0 Å². The maximum Gasteiger partial charge on any atom is 0 e. The molecule has 1 unspecified atom stereocenters. The van der Waals surface area contributed by atoms with Gasteiger partial charge in [0.05, 0.1) is 0 Å². The minimum atomic E-state index is -0.199. The number of nitrogens with zero attached hydrogens (tertiary/aromatic N) is 1. The molecule has 0 heterocycles. The van der Waals surface area contributed by atoms with Crippen LogP contribution in [0.15, 0.2) is 18.2 Å². The Kier molecular flexibility index (Phi) is 9.67. The van der Waals surface area contributed by atoms with E-state index in [4.69, 9.17) is 4.74 Å². The number of rotatable bonds is 5.